The molecular weight excluding hydrogens is 209 g/mol. The van der Waals surface area contributed by atoms with Crippen LogP contribution in [0.3, 0.4) is 0 Å². The maximum atomic E-state index is 11.5. The van der Waals surface area contributed by atoms with Gasteiger partial charge in [-0.15, -0.1) is 11.3 Å². The minimum absolute atomic E-state index is 0.273. The molecule has 0 spiro atoms. The van der Waals surface area contributed by atoms with E-state index in [0.29, 0.717) is 12.2 Å². The quantitative estimate of drug-likeness (QED) is 0.552. The Balaban J connectivity index is 2.41. The second kappa shape index (κ2) is 4.02. The third-order valence-electron chi connectivity index (χ3n) is 2.01. The number of thiazole rings is 1. The number of benzene rings is 1. The van der Waals surface area contributed by atoms with E-state index in [1.165, 1.54) is 0 Å². The van der Waals surface area contributed by atoms with Gasteiger partial charge in [-0.05, 0) is 25.1 Å². The van der Waals surface area contributed by atoms with Gasteiger partial charge in [0.2, 0.25) is 0 Å². The van der Waals surface area contributed by atoms with Crippen LogP contribution in [0.25, 0.3) is 10.2 Å². The summed E-state index contributed by atoms with van der Waals surface area (Å²) in [6.07, 6.45) is 0. The van der Waals surface area contributed by atoms with Crippen LogP contribution in [0.5, 0.6) is 0 Å². The predicted molar refractivity (Wildman–Crippen MR) is 63.8 cm³/mol. The molecule has 0 N–H and O–H groups in total. The van der Waals surface area contributed by atoms with Crippen molar-refractivity contribution in [1.29, 1.82) is 0 Å². The van der Waals surface area contributed by atoms with Crippen LogP contribution in [0.1, 0.15) is 17.3 Å². The highest BCUT2D eigenvalue weighted by atomic mass is 32.1. The van der Waals surface area contributed by atoms with Crippen LogP contribution in [0, 0.1) is 0 Å². The molecule has 0 amide bonds. The van der Waals surface area contributed by atoms with E-state index in [1.54, 1.807) is 24.3 Å². The van der Waals surface area contributed by atoms with Gasteiger partial charge in [-0.25, -0.2) is 4.79 Å². The number of carbonyl (C=O) groups excluding carboxylic acids is 1. The fourth-order valence-electron chi connectivity index (χ4n) is 1.38. The van der Waals surface area contributed by atoms with E-state index in [-0.39, 0.29) is 5.97 Å². The Hall–Kier alpha value is -1.36. The summed E-state index contributed by atoms with van der Waals surface area (Å²) in [5.41, 5.74) is 1.53. The van der Waals surface area contributed by atoms with Crippen molar-refractivity contribution >= 4 is 40.3 Å². The Morgan fingerprint density at radius 2 is 2.40 bits per heavy atom. The van der Waals surface area contributed by atoms with Gasteiger partial charge in [0.05, 0.1) is 22.4 Å². The number of carbonyl (C=O) groups is 1. The number of rotatable bonds is 2. The van der Waals surface area contributed by atoms with Crippen molar-refractivity contribution in [3.8, 4) is 0 Å². The minimum atomic E-state index is -0.273. The van der Waals surface area contributed by atoms with Crippen molar-refractivity contribution in [2.75, 3.05) is 6.61 Å². The van der Waals surface area contributed by atoms with Gasteiger partial charge in [0.1, 0.15) is 0 Å². The summed E-state index contributed by atoms with van der Waals surface area (Å²) in [5.74, 6) is -0.273. The second-order valence-electron chi connectivity index (χ2n) is 3.14. The zero-order valence-electron chi connectivity index (χ0n) is 8.61. The lowest BCUT2D eigenvalue weighted by atomic mass is 10.2. The molecule has 15 heavy (non-hydrogen) atoms. The lowest BCUT2D eigenvalue weighted by molar-refractivity contribution is 0.0526. The molecule has 1 heterocycles. The van der Waals surface area contributed by atoms with E-state index in [2.05, 4.69) is 4.98 Å². The number of hydrogen-bond donors (Lipinski definition) is 0. The van der Waals surface area contributed by atoms with Crippen molar-refractivity contribution in [3.05, 3.63) is 23.8 Å². The monoisotopic (exact) mass is 219 g/mol. The first-order valence-corrected chi connectivity index (χ1v) is 5.56. The third kappa shape index (κ3) is 2.02. The van der Waals surface area contributed by atoms with Crippen LogP contribution in [0.2, 0.25) is 0 Å². The third-order valence-corrected chi connectivity index (χ3v) is 2.94. The van der Waals surface area contributed by atoms with Gasteiger partial charge in [-0.2, -0.15) is 0 Å². The van der Waals surface area contributed by atoms with E-state index in [4.69, 9.17) is 4.74 Å². The Kier molecular flexibility index (Phi) is 2.73. The maximum Gasteiger partial charge on any atom is 0.338 e. The highest BCUT2D eigenvalue weighted by Crippen LogP contribution is 2.17. The number of hydrogen-bond acceptors (Lipinski definition) is 4. The van der Waals surface area contributed by atoms with E-state index < -0.39 is 0 Å². The summed E-state index contributed by atoms with van der Waals surface area (Å²) in [6, 6.07) is 5.43. The average Bonchev–Trinajstić information content (AvgIpc) is 2.57. The first-order chi connectivity index (χ1) is 7.20. The molecule has 0 radical (unpaired) electrons. The largest absolute Gasteiger partial charge is 0.462 e. The predicted octanol–water partition coefficient (Wildman–Crippen LogP) is 0.731. The number of fused-ring (bicyclic) bond motifs is 1. The number of aromatic nitrogens is 1. The summed E-state index contributed by atoms with van der Waals surface area (Å²) in [6.45, 7) is 2.20. The molecular formula is C10H10BNO2S. The molecule has 5 heteroatoms. The van der Waals surface area contributed by atoms with Crippen molar-refractivity contribution in [1.82, 2.24) is 4.98 Å². The molecule has 0 saturated carbocycles. The molecule has 0 aliphatic heterocycles. The highest BCUT2D eigenvalue weighted by molar-refractivity contribution is 7.25. The number of nitrogens with zero attached hydrogens (tertiary/aromatic N) is 1. The Labute approximate surface area is 92.5 Å². The van der Waals surface area contributed by atoms with Crippen LogP contribution in [-0.2, 0) is 4.74 Å². The topological polar surface area (TPSA) is 39.2 Å². The lowest BCUT2D eigenvalue weighted by Crippen LogP contribution is -2.03. The fourth-order valence-corrected chi connectivity index (χ4v) is 2.25. The standard InChI is InChI=1S/C10H10BNO2S/c1-2-14-9(13)6-3-4-7-8(5-6)15-10(11)12-7/h3-5H,2,11H2,1H3. The Morgan fingerprint density at radius 1 is 1.60 bits per heavy atom. The average molecular weight is 219 g/mol. The Bertz CT molecular complexity index is 509. The molecule has 1 aromatic carbocycles. The van der Waals surface area contributed by atoms with Gasteiger partial charge in [0, 0.05) is 4.91 Å². The van der Waals surface area contributed by atoms with Gasteiger partial charge in [0.25, 0.3) is 0 Å². The van der Waals surface area contributed by atoms with Gasteiger partial charge in [0.15, 0.2) is 7.85 Å². The molecule has 0 saturated heterocycles. The summed E-state index contributed by atoms with van der Waals surface area (Å²) in [5, 5.41) is 0. The smallest absolute Gasteiger partial charge is 0.338 e. The van der Waals surface area contributed by atoms with Crippen molar-refractivity contribution in [2.45, 2.75) is 6.92 Å². The summed E-state index contributed by atoms with van der Waals surface area (Å²) < 4.78 is 5.95. The minimum Gasteiger partial charge on any atom is -0.462 e. The maximum absolute atomic E-state index is 11.5. The molecule has 76 valence electrons. The van der Waals surface area contributed by atoms with Crippen LogP contribution < -0.4 is 4.91 Å². The second-order valence-corrected chi connectivity index (χ2v) is 4.37. The first-order valence-electron chi connectivity index (χ1n) is 4.75. The summed E-state index contributed by atoms with van der Waals surface area (Å²) in [7, 11) is 1.95. The van der Waals surface area contributed by atoms with E-state index >= 15 is 0 Å². The zero-order chi connectivity index (χ0) is 10.8. The molecule has 0 fully saturated rings. The molecule has 1 aromatic heterocycles. The molecule has 0 atom stereocenters. The van der Waals surface area contributed by atoms with Crippen molar-refractivity contribution in [2.24, 2.45) is 0 Å². The van der Waals surface area contributed by atoms with Crippen molar-refractivity contribution < 1.29 is 9.53 Å². The molecule has 0 unspecified atom stereocenters. The number of ether oxygens (including phenoxy) is 1. The first kappa shape index (κ1) is 10.2. The van der Waals surface area contributed by atoms with Crippen LogP contribution in [-0.4, -0.2) is 25.4 Å². The molecule has 0 aliphatic rings. The van der Waals surface area contributed by atoms with Crippen LogP contribution in [0.15, 0.2) is 18.2 Å². The van der Waals surface area contributed by atoms with E-state index in [9.17, 15) is 4.79 Å². The summed E-state index contributed by atoms with van der Waals surface area (Å²) in [4.78, 5) is 16.8. The molecule has 0 bridgehead atoms. The van der Waals surface area contributed by atoms with Crippen molar-refractivity contribution in [3.63, 3.8) is 0 Å². The Morgan fingerprint density at radius 3 is 3.13 bits per heavy atom. The van der Waals surface area contributed by atoms with Gasteiger partial charge < -0.3 is 4.74 Å². The number of esters is 1. The molecule has 3 nitrogen and oxygen atoms in total. The molecule has 0 aliphatic carbocycles. The molecule has 2 aromatic rings. The summed E-state index contributed by atoms with van der Waals surface area (Å²) >= 11 is 1.58. The van der Waals surface area contributed by atoms with Gasteiger partial charge >= 0.3 is 5.97 Å². The van der Waals surface area contributed by atoms with Crippen LogP contribution in [0.4, 0.5) is 0 Å². The lowest BCUT2D eigenvalue weighted by Gasteiger charge is -2.00. The SMILES string of the molecule is Bc1nc2ccc(C(=O)OCC)cc2s1. The normalized spacial score (nSPS) is 10.5. The zero-order valence-corrected chi connectivity index (χ0v) is 9.43. The van der Waals surface area contributed by atoms with Gasteiger partial charge in [-0.1, -0.05) is 0 Å². The van der Waals surface area contributed by atoms with E-state index in [1.807, 2.05) is 20.0 Å². The van der Waals surface area contributed by atoms with E-state index in [0.717, 1.165) is 15.1 Å². The highest BCUT2D eigenvalue weighted by Gasteiger charge is 2.08. The molecule has 2 rings (SSSR count). The van der Waals surface area contributed by atoms with Crippen LogP contribution >= 0.6 is 11.3 Å². The van der Waals surface area contributed by atoms with Gasteiger partial charge in [-0.3, -0.25) is 4.98 Å². The fraction of sp³-hybridized carbons (Fsp3) is 0.200.